The minimum Gasteiger partial charge on any atom is -0.489 e. The van der Waals surface area contributed by atoms with Gasteiger partial charge in [0.1, 0.15) is 12.4 Å². The first-order valence-electron chi connectivity index (χ1n) is 9.68. The Morgan fingerprint density at radius 1 is 0.969 bits per heavy atom. The van der Waals surface area contributed by atoms with Crippen LogP contribution in [0, 0.1) is 30.9 Å². The first-order chi connectivity index (χ1) is 15.1. The van der Waals surface area contributed by atoms with E-state index in [1.807, 2.05) is 43.7 Å². The maximum absolute atomic E-state index is 12.6. The molecule has 0 radical (unpaired) electrons. The molecule has 0 fully saturated rings. The number of hydrogen-bond acceptors (Lipinski definition) is 6. The Morgan fingerprint density at radius 2 is 1.59 bits per heavy atom. The van der Waals surface area contributed by atoms with Crippen molar-refractivity contribution in [3.63, 3.8) is 0 Å². The second-order valence-corrected chi connectivity index (χ2v) is 9.01. The molecule has 1 N–H and O–H groups in total. The molecule has 0 saturated heterocycles. The third kappa shape index (κ3) is 5.12. The van der Waals surface area contributed by atoms with Gasteiger partial charge in [0.15, 0.2) is 0 Å². The molecular formula is C23H22N2O6S. The first kappa shape index (κ1) is 23.0. The van der Waals surface area contributed by atoms with Gasteiger partial charge in [0.05, 0.1) is 9.82 Å². The molecular weight excluding hydrogens is 432 g/mol. The van der Waals surface area contributed by atoms with Gasteiger partial charge in [0.25, 0.3) is 21.6 Å². The molecule has 0 spiro atoms. The van der Waals surface area contributed by atoms with Crippen LogP contribution in [-0.4, -0.2) is 19.2 Å². The van der Waals surface area contributed by atoms with Crippen LogP contribution in [0.4, 0.5) is 5.69 Å². The van der Waals surface area contributed by atoms with E-state index in [0.717, 1.165) is 46.5 Å². The third-order valence-corrected chi connectivity index (χ3v) is 6.40. The summed E-state index contributed by atoms with van der Waals surface area (Å²) in [6.07, 6.45) is 0. The Morgan fingerprint density at radius 3 is 2.19 bits per heavy atom. The molecule has 1 amide bonds. The number of nitrogens with zero attached hydrogens (tertiary/aromatic N) is 1. The molecule has 0 aliphatic heterocycles. The van der Waals surface area contributed by atoms with Crippen molar-refractivity contribution in [2.24, 2.45) is 0 Å². The lowest BCUT2D eigenvalue weighted by atomic mass is 10.0. The van der Waals surface area contributed by atoms with E-state index in [2.05, 4.69) is 0 Å². The monoisotopic (exact) mass is 454 g/mol. The Kier molecular flexibility index (Phi) is 6.59. The summed E-state index contributed by atoms with van der Waals surface area (Å²) in [5.74, 6) is -0.367. The van der Waals surface area contributed by atoms with Gasteiger partial charge in [-0.05, 0) is 67.3 Å². The molecule has 3 aromatic carbocycles. The number of nitro groups is 1. The molecule has 0 unspecified atom stereocenters. The molecule has 8 nitrogen and oxygen atoms in total. The highest BCUT2D eigenvalue weighted by Gasteiger charge is 2.20. The zero-order valence-corrected chi connectivity index (χ0v) is 18.6. The largest absolute Gasteiger partial charge is 0.489 e. The molecule has 0 bridgehead atoms. The van der Waals surface area contributed by atoms with E-state index in [-0.39, 0.29) is 16.1 Å². The summed E-state index contributed by atoms with van der Waals surface area (Å²) in [6, 6.07) is 14.9. The summed E-state index contributed by atoms with van der Waals surface area (Å²) in [5.41, 5.74) is 3.88. The lowest BCUT2D eigenvalue weighted by Crippen LogP contribution is -2.30. The van der Waals surface area contributed by atoms with Crippen LogP contribution in [0.15, 0.2) is 65.6 Å². The van der Waals surface area contributed by atoms with Crippen LogP contribution in [0.1, 0.15) is 32.6 Å². The predicted molar refractivity (Wildman–Crippen MR) is 119 cm³/mol. The van der Waals surface area contributed by atoms with Crippen molar-refractivity contribution in [2.75, 3.05) is 0 Å². The zero-order valence-electron chi connectivity index (χ0n) is 17.8. The first-order valence-corrected chi connectivity index (χ1v) is 11.2. The van der Waals surface area contributed by atoms with Crippen LogP contribution in [0.3, 0.4) is 0 Å². The van der Waals surface area contributed by atoms with Crippen molar-refractivity contribution in [3.05, 3.63) is 98.6 Å². The van der Waals surface area contributed by atoms with E-state index in [9.17, 15) is 23.3 Å². The highest BCUT2D eigenvalue weighted by molar-refractivity contribution is 7.90. The molecule has 0 aliphatic carbocycles. The van der Waals surface area contributed by atoms with Crippen LogP contribution >= 0.6 is 0 Å². The Balaban J connectivity index is 1.78. The highest BCUT2D eigenvalue weighted by atomic mass is 32.2. The number of carbonyl (C=O) groups excluding carboxylic acids is 1. The summed E-state index contributed by atoms with van der Waals surface area (Å²) in [4.78, 5) is 22.4. The van der Waals surface area contributed by atoms with E-state index in [1.54, 1.807) is 6.07 Å². The average molecular weight is 455 g/mol. The fourth-order valence-electron chi connectivity index (χ4n) is 3.11. The lowest BCUT2D eigenvalue weighted by molar-refractivity contribution is -0.384. The quantitative estimate of drug-likeness (QED) is 0.422. The fraction of sp³-hybridized carbons (Fsp3) is 0.174. The van der Waals surface area contributed by atoms with Crippen molar-refractivity contribution >= 4 is 21.6 Å². The topological polar surface area (TPSA) is 116 Å². The van der Waals surface area contributed by atoms with Gasteiger partial charge in [-0.25, -0.2) is 13.1 Å². The molecule has 3 aromatic rings. The standard InChI is InChI=1S/C23H22N2O6S/c1-15-5-4-6-16(2)21(15)14-31-22-13-18(8-7-17(22)3)23(26)24-32(29,30)20-11-9-19(10-12-20)25(27)28/h4-13H,14H2,1-3H3,(H,24,26). The van der Waals surface area contributed by atoms with Gasteiger partial charge in [0.2, 0.25) is 0 Å². The number of rotatable bonds is 7. The van der Waals surface area contributed by atoms with Crippen molar-refractivity contribution in [3.8, 4) is 5.75 Å². The SMILES string of the molecule is Cc1ccc(C(=O)NS(=O)(=O)c2ccc([N+](=O)[O-])cc2)cc1OCc1c(C)cccc1C. The maximum Gasteiger partial charge on any atom is 0.269 e. The number of nitro benzene ring substituents is 1. The molecule has 0 heterocycles. The Labute approximate surface area is 186 Å². The summed E-state index contributed by atoms with van der Waals surface area (Å²) in [7, 11) is -4.20. The molecule has 0 saturated carbocycles. The lowest BCUT2D eigenvalue weighted by Gasteiger charge is -2.14. The number of hydrogen-bond donors (Lipinski definition) is 1. The van der Waals surface area contributed by atoms with Gasteiger partial charge in [0, 0.05) is 17.7 Å². The average Bonchev–Trinajstić information content (AvgIpc) is 2.74. The van der Waals surface area contributed by atoms with Gasteiger partial charge in [-0.2, -0.15) is 0 Å². The number of nitrogens with one attached hydrogen (secondary N) is 1. The zero-order chi connectivity index (χ0) is 23.5. The molecule has 3 rings (SSSR count). The van der Waals surface area contributed by atoms with Crippen molar-refractivity contribution < 1.29 is 22.9 Å². The minimum atomic E-state index is -4.20. The molecule has 166 valence electrons. The second-order valence-electron chi connectivity index (χ2n) is 7.32. The smallest absolute Gasteiger partial charge is 0.269 e. The van der Waals surface area contributed by atoms with Gasteiger partial charge in [-0.3, -0.25) is 14.9 Å². The van der Waals surface area contributed by atoms with E-state index in [0.29, 0.717) is 12.4 Å². The molecule has 0 aliphatic rings. The van der Waals surface area contributed by atoms with Crippen LogP contribution < -0.4 is 9.46 Å². The molecule has 0 atom stereocenters. The second kappa shape index (κ2) is 9.19. The van der Waals surface area contributed by atoms with E-state index >= 15 is 0 Å². The number of non-ortho nitro benzene ring substituents is 1. The maximum atomic E-state index is 12.6. The fourth-order valence-corrected chi connectivity index (χ4v) is 4.08. The van der Waals surface area contributed by atoms with Crippen LogP contribution in [0.2, 0.25) is 0 Å². The summed E-state index contributed by atoms with van der Waals surface area (Å²) in [5, 5.41) is 10.7. The number of carbonyl (C=O) groups is 1. The van der Waals surface area contributed by atoms with Gasteiger partial charge in [-0.15, -0.1) is 0 Å². The van der Waals surface area contributed by atoms with Crippen LogP contribution in [0.25, 0.3) is 0 Å². The summed E-state index contributed by atoms with van der Waals surface area (Å²) >= 11 is 0. The number of ether oxygens (including phenoxy) is 1. The van der Waals surface area contributed by atoms with Crippen molar-refractivity contribution in [1.29, 1.82) is 0 Å². The minimum absolute atomic E-state index is 0.109. The van der Waals surface area contributed by atoms with Gasteiger partial charge < -0.3 is 4.74 Å². The number of amides is 1. The summed E-state index contributed by atoms with van der Waals surface area (Å²) in [6.45, 7) is 6.12. The van der Waals surface area contributed by atoms with Gasteiger partial charge >= 0.3 is 0 Å². The van der Waals surface area contributed by atoms with Crippen LogP contribution in [0.5, 0.6) is 5.75 Å². The molecule has 0 aromatic heterocycles. The predicted octanol–water partition coefficient (Wildman–Crippen LogP) is 4.22. The Hall–Kier alpha value is -3.72. The molecule has 9 heteroatoms. The van der Waals surface area contributed by atoms with Crippen molar-refractivity contribution in [1.82, 2.24) is 4.72 Å². The normalized spacial score (nSPS) is 11.1. The van der Waals surface area contributed by atoms with E-state index < -0.39 is 20.9 Å². The summed E-state index contributed by atoms with van der Waals surface area (Å²) < 4.78 is 32.9. The van der Waals surface area contributed by atoms with Crippen molar-refractivity contribution in [2.45, 2.75) is 32.3 Å². The number of sulfonamides is 1. The number of aryl methyl sites for hydroxylation is 3. The highest BCUT2D eigenvalue weighted by Crippen LogP contribution is 2.23. The Bertz CT molecular complexity index is 1260. The molecule has 32 heavy (non-hydrogen) atoms. The third-order valence-electron chi connectivity index (χ3n) is 5.05. The van der Waals surface area contributed by atoms with Crippen LogP contribution in [-0.2, 0) is 16.6 Å². The number of benzene rings is 3. The van der Waals surface area contributed by atoms with Gasteiger partial charge in [-0.1, -0.05) is 24.3 Å². The van der Waals surface area contributed by atoms with E-state index in [4.69, 9.17) is 4.74 Å². The van der Waals surface area contributed by atoms with E-state index in [1.165, 1.54) is 12.1 Å².